The molecule has 0 atom stereocenters. The molecule has 1 N–H and O–H groups in total. The fourth-order valence-corrected chi connectivity index (χ4v) is 2.70. The predicted octanol–water partition coefficient (Wildman–Crippen LogP) is 3.87. The van der Waals surface area contributed by atoms with Crippen LogP contribution in [-0.2, 0) is 4.74 Å². The number of aromatic carboxylic acids is 1. The number of halogens is 1. The molecule has 0 bridgehead atoms. The summed E-state index contributed by atoms with van der Waals surface area (Å²) in [4.78, 5) is 26.7. The van der Waals surface area contributed by atoms with Gasteiger partial charge in [0.25, 0.3) is 0 Å². The van der Waals surface area contributed by atoms with Gasteiger partial charge >= 0.3 is 12.1 Å². The zero-order chi connectivity index (χ0) is 22.0. The molecule has 0 aliphatic carbocycles. The Balaban J connectivity index is 0.00000204. The summed E-state index contributed by atoms with van der Waals surface area (Å²) in [6, 6.07) is 3.60. The molecule has 1 fully saturated rings. The second-order valence-corrected chi connectivity index (χ2v) is 7.46. The van der Waals surface area contributed by atoms with Crippen LogP contribution in [0.2, 0.25) is 0 Å². The van der Waals surface area contributed by atoms with E-state index in [9.17, 15) is 14.0 Å². The molecule has 0 spiro atoms. The van der Waals surface area contributed by atoms with Gasteiger partial charge in [-0.25, -0.2) is 14.0 Å². The van der Waals surface area contributed by atoms with E-state index < -0.39 is 17.4 Å². The van der Waals surface area contributed by atoms with E-state index in [4.69, 9.17) is 14.6 Å². The van der Waals surface area contributed by atoms with Crippen molar-refractivity contribution in [3.8, 4) is 5.75 Å². The zero-order valence-corrected chi connectivity index (χ0v) is 18.0. The van der Waals surface area contributed by atoms with Gasteiger partial charge in [0, 0.05) is 32.7 Å². The van der Waals surface area contributed by atoms with Crippen LogP contribution in [0.5, 0.6) is 5.75 Å². The van der Waals surface area contributed by atoms with E-state index in [1.807, 2.05) is 34.6 Å². The van der Waals surface area contributed by atoms with Crippen molar-refractivity contribution in [1.29, 1.82) is 0 Å². The van der Waals surface area contributed by atoms with Gasteiger partial charge in [0.05, 0.1) is 12.2 Å². The van der Waals surface area contributed by atoms with E-state index in [1.165, 1.54) is 12.1 Å². The monoisotopic (exact) mass is 412 g/mol. The zero-order valence-electron chi connectivity index (χ0n) is 18.0. The SMILES string of the molecule is CC.CC(C)(C)OC(=O)N1CCN(CCCOc2ccc(C(=O)O)cc2F)CC1. The van der Waals surface area contributed by atoms with Crippen LogP contribution in [0.3, 0.4) is 0 Å². The van der Waals surface area contributed by atoms with E-state index in [0.717, 1.165) is 25.7 Å². The Bertz CT molecular complexity index is 668. The van der Waals surface area contributed by atoms with Gasteiger partial charge in [0.15, 0.2) is 11.6 Å². The van der Waals surface area contributed by atoms with Gasteiger partial charge in [-0.05, 0) is 45.4 Å². The van der Waals surface area contributed by atoms with Crippen molar-refractivity contribution in [3.63, 3.8) is 0 Å². The second kappa shape index (κ2) is 11.6. The molecule has 29 heavy (non-hydrogen) atoms. The first-order valence-corrected chi connectivity index (χ1v) is 10.0. The van der Waals surface area contributed by atoms with Crippen LogP contribution in [0.4, 0.5) is 9.18 Å². The first-order valence-electron chi connectivity index (χ1n) is 10.0. The predicted molar refractivity (Wildman–Crippen MR) is 109 cm³/mol. The third-order valence-corrected chi connectivity index (χ3v) is 4.08. The summed E-state index contributed by atoms with van der Waals surface area (Å²) in [5.41, 5.74) is -0.605. The lowest BCUT2D eigenvalue weighted by Crippen LogP contribution is -2.50. The van der Waals surface area contributed by atoms with E-state index in [1.54, 1.807) is 4.90 Å². The molecule has 7 nitrogen and oxygen atoms in total. The largest absolute Gasteiger partial charge is 0.490 e. The van der Waals surface area contributed by atoms with E-state index in [2.05, 4.69) is 4.90 Å². The van der Waals surface area contributed by atoms with Crippen molar-refractivity contribution in [2.24, 2.45) is 0 Å². The minimum Gasteiger partial charge on any atom is -0.490 e. The Hall–Kier alpha value is -2.35. The highest BCUT2D eigenvalue weighted by Gasteiger charge is 2.25. The number of rotatable bonds is 6. The number of carboxylic acid groups (broad SMARTS) is 1. The lowest BCUT2D eigenvalue weighted by molar-refractivity contribution is 0.0141. The quantitative estimate of drug-likeness (QED) is 0.715. The number of hydrogen-bond acceptors (Lipinski definition) is 5. The third-order valence-electron chi connectivity index (χ3n) is 4.08. The molecule has 0 unspecified atom stereocenters. The highest BCUT2D eigenvalue weighted by atomic mass is 19.1. The molecule has 164 valence electrons. The number of carbonyl (C=O) groups is 2. The van der Waals surface area contributed by atoms with E-state index >= 15 is 0 Å². The lowest BCUT2D eigenvalue weighted by atomic mass is 10.2. The van der Waals surface area contributed by atoms with Crippen molar-refractivity contribution in [2.45, 2.75) is 46.6 Å². The molecule has 8 heteroatoms. The first kappa shape index (κ1) is 24.7. The Morgan fingerprint density at radius 2 is 1.76 bits per heavy atom. The van der Waals surface area contributed by atoms with Crippen LogP contribution in [0.25, 0.3) is 0 Å². The van der Waals surface area contributed by atoms with Gasteiger partial charge in [0.1, 0.15) is 5.60 Å². The molecule has 1 saturated heterocycles. The van der Waals surface area contributed by atoms with Crippen molar-refractivity contribution in [1.82, 2.24) is 9.80 Å². The fourth-order valence-electron chi connectivity index (χ4n) is 2.70. The number of nitrogens with zero attached hydrogens (tertiary/aromatic N) is 2. The van der Waals surface area contributed by atoms with Crippen molar-refractivity contribution in [3.05, 3.63) is 29.6 Å². The molecule has 1 aliphatic rings. The number of carbonyl (C=O) groups excluding carboxylic acids is 1. The number of amides is 1. The van der Waals surface area contributed by atoms with Gasteiger partial charge in [0.2, 0.25) is 0 Å². The van der Waals surface area contributed by atoms with Crippen LogP contribution < -0.4 is 4.74 Å². The van der Waals surface area contributed by atoms with Gasteiger partial charge in [-0.15, -0.1) is 0 Å². The molecular formula is C21H33FN2O5. The van der Waals surface area contributed by atoms with Gasteiger partial charge < -0.3 is 19.5 Å². The Kier molecular flexibility index (Phi) is 9.88. The average Bonchev–Trinajstić information content (AvgIpc) is 2.66. The van der Waals surface area contributed by atoms with Crippen LogP contribution in [-0.4, -0.2) is 71.9 Å². The van der Waals surface area contributed by atoms with Gasteiger partial charge in [-0.2, -0.15) is 0 Å². The number of benzene rings is 1. The first-order chi connectivity index (χ1) is 13.7. The lowest BCUT2D eigenvalue weighted by Gasteiger charge is -2.35. The Morgan fingerprint density at radius 3 is 2.28 bits per heavy atom. The number of piperazine rings is 1. The van der Waals surface area contributed by atoms with Crippen LogP contribution in [0, 0.1) is 5.82 Å². The summed E-state index contributed by atoms with van der Waals surface area (Å²) in [5, 5.41) is 8.82. The minimum absolute atomic E-state index is 0.0507. The third kappa shape index (κ3) is 8.68. The average molecular weight is 413 g/mol. The standard InChI is InChI=1S/C19H27FN2O5.C2H6/c1-19(2,3)27-18(25)22-10-8-21(9-11-22)7-4-12-26-16-6-5-14(17(23)24)13-15(16)20;1-2/h5-6,13H,4,7-12H2,1-3H3,(H,23,24);1-2H3. The summed E-state index contributed by atoms with van der Waals surface area (Å²) in [6.07, 6.45) is 0.415. The summed E-state index contributed by atoms with van der Waals surface area (Å²) in [6.45, 7) is 13.4. The molecule has 1 aliphatic heterocycles. The molecular weight excluding hydrogens is 379 g/mol. The molecule has 1 aromatic rings. The van der Waals surface area contributed by atoms with Crippen molar-refractivity contribution < 1.29 is 28.6 Å². The molecule has 1 amide bonds. The molecule has 0 saturated carbocycles. The minimum atomic E-state index is -1.18. The second-order valence-electron chi connectivity index (χ2n) is 7.46. The Labute approximate surface area is 172 Å². The van der Waals surface area contributed by atoms with Gasteiger partial charge in [-0.3, -0.25) is 4.90 Å². The smallest absolute Gasteiger partial charge is 0.410 e. The van der Waals surface area contributed by atoms with Gasteiger partial charge in [-0.1, -0.05) is 13.8 Å². The van der Waals surface area contributed by atoms with E-state index in [-0.39, 0.29) is 17.4 Å². The summed E-state index contributed by atoms with van der Waals surface area (Å²) in [7, 11) is 0. The molecule has 1 aromatic carbocycles. The maximum atomic E-state index is 13.8. The maximum absolute atomic E-state index is 13.8. The van der Waals surface area contributed by atoms with E-state index in [0.29, 0.717) is 26.1 Å². The van der Waals surface area contributed by atoms with Crippen LogP contribution >= 0.6 is 0 Å². The molecule has 2 rings (SSSR count). The van der Waals surface area contributed by atoms with Crippen molar-refractivity contribution >= 4 is 12.1 Å². The van der Waals surface area contributed by atoms with Crippen LogP contribution in [0.15, 0.2) is 18.2 Å². The number of hydrogen-bond donors (Lipinski definition) is 1. The topological polar surface area (TPSA) is 79.3 Å². The summed E-state index contributed by atoms with van der Waals surface area (Å²) >= 11 is 0. The molecule has 0 aromatic heterocycles. The van der Waals surface area contributed by atoms with Crippen molar-refractivity contribution in [2.75, 3.05) is 39.3 Å². The highest BCUT2D eigenvalue weighted by Crippen LogP contribution is 2.19. The normalized spacial score (nSPS) is 14.6. The fraction of sp³-hybridized carbons (Fsp3) is 0.619. The summed E-state index contributed by atoms with van der Waals surface area (Å²) < 4.78 is 24.5. The maximum Gasteiger partial charge on any atom is 0.410 e. The summed E-state index contributed by atoms with van der Waals surface area (Å²) in [5.74, 6) is -1.80. The highest BCUT2D eigenvalue weighted by molar-refractivity contribution is 5.87. The number of ether oxygens (including phenoxy) is 2. The van der Waals surface area contributed by atoms with Crippen LogP contribution in [0.1, 0.15) is 51.4 Å². The molecule has 0 radical (unpaired) electrons. The molecule has 1 heterocycles. The Morgan fingerprint density at radius 1 is 1.14 bits per heavy atom. The number of carboxylic acids is 1.